The zero-order chi connectivity index (χ0) is 14.5. The molecule has 110 valence electrons. The maximum Gasteiger partial charge on any atom is 0.237 e. The van der Waals surface area contributed by atoms with E-state index in [1.165, 1.54) is 0 Å². The van der Waals surface area contributed by atoms with Crippen LogP contribution in [-0.2, 0) is 4.79 Å². The van der Waals surface area contributed by atoms with Crippen LogP contribution in [0.2, 0.25) is 0 Å². The average molecular weight is 276 g/mol. The second-order valence-corrected chi connectivity index (χ2v) is 5.54. The SMILES string of the molecule is CCC(C)C(N)C(=O)NC1CCN(c2ccccn2)C1. The van der Waals surface area contributed by atoms with Crippen molar-refractivity contribution in [2.45, 2.75) is 38.8 Å². The summed E-state index contributed by atoms with van der Waals surface area (Å²) >= 11 is 0. The Labute approximate surface area is 120 Å². The molecule has 0 spiro atoms. The first-order chi connectivity index (χ1) is 9.61. The monoisotopic (exact) mass is 276 g/mol. The minimum Gasteiger partial charge on any atom is -0.354 e. The van der Waals surface area contributed by atoms with E-state index in [0.29, 0.717) is 0 Å². The summed E-state index contributed by atoms with van der Waals surface area (Å²) < 4.78 is 0. The summed E-state index contributed by atoms with van der Waals surface area (Å²) in [5, 5.41) is 3.06. The molecule has 0 aliphatic carbocycles. The number of hydrogen-bond donors (Lipinski definition) is 2. The fourth-order valence-electron chi connectivity index (χ4n) is 2.44. The van der Waals surface area contributed by atoms with Gasteiger partial charge in [-0.1, -0.05) is 26.3 Å². The fraction of sp³-hybridized carbons (Fsp3) is 0.600. The lowest BCUT2D eigenvalue weighted by Crippen LogP contribution is -2.49. The summed E-state index contributed by atoms with van der Waals surface area (Å²) in [7, 11) is 0. The van der Waals surface area contributed by atoms with Gasteiger partial charge in [-0.05, 0) is 24.5 Å². The molecule has 0 radical (unpaired) electrons. The molecule has 1 aliphatic heterocycles. The normalized spacial score (nSPS) is 21.6. The Hall–Kier alpha value is -1.62. The van der Waals surface area contributed by atoms with Crippen molar-refractivity contribution in [2.24, 2.45) is 11.7 Å². The van der Waals surface area contributed by atoms with E-state index < -0.39 is 6.04 Å². The summed E-state index contributed by atoms with van der Waals surface area (Å²) in [6, 6.07) is 5.63. The van der Waals surface area contributed by atoms with E-state index in [4.69, 9.17) is 5.73 Å². The van der Waals surface area contributed by atoms with E-state index in [0.717, 1.165) is 31.7 Å². The summed E-state index contributed by atoms with van der Waals surface area (Å²) in [5.41, 5.74) is 5.96. The Kier molecular flexibility index (Phi) is 4.95. The number of pyridine rings is 1. The third-order valence-corrected chi connectivity index (χ3v) is 4.07. The number of aromatic nitrogens is 1. The van der Waals surface area contributed by atoms with E-state index in [9.17, 15) is 4.79 Å². The van der Waals surface area contributed by atoms with E-state index >= 15 is 0 Å². The molecule has 5 nitrogen and oxygen atoms in total. The van der Waals surface area contributed by atoms with Crippen molar-refractivity contribution in [1.29, 1.82) is 0 Å². The lowest BCUT2D eigenvalue weighted by molar-refractivity contribution is -0.124. The molecule has 1 saturated heterocycles. The Morgan fingerprint density at radius 3 is 3.05 bits per heavy atom. The first-order valence-corrected chi connectivity index (χ1v) is 7.33. The third kappa shape index (κ3) is 3.48. The van der Waals surface area contributed by atoms with E-state index in [1.807, 2.05) is 25.1 Å². The van der Waals surface area contributed by atoms with Crippen LogP contribution in [0.15, 0.2) is 24.4 Å². The molecule has 2 heterocycles. The number of anilines is 1. The molecule has 0 bridgehead atoms. The molecule has 1 amide bonds. The highest BCUT2D eigenvalue weighted by Gasteiger charge is 2.27. The van der Waals surface area contributed by atoms with Gasteiger partial charge in [-0.25, -0.2) is 4.98 Å². The number of carbonyl (C=O) groups is 1. The molecule has 20 heavy (non-hydrogen) atoms. The molecule has 1 aliphatic rings. The smallest absolute Gasteiger partial charge is 0.237 e. The standard InChI is InChI=1S/C15H24N4O/c1-3-11(2)14(16)15(20)18-12-7-9-19(10-12)13-6-4-5-8-17-13/h4-6,8,11-12,14H,3,7,9-10,16H2,1-2H3,(H,18,20). The van der Waals surface area contributed by atoms with Gasteiger partial charge in [0.25, 0.3) is 0 Å². The number of carbonyl (C=O) groups excluding carboxylic acids is 1. The summed E-state index contributed by atoms with van der Waals surface area (Å²) in [4.78, 5) is 18.6. The van der Waals surface area contributed by atoms with E-state index in [1.54, 1.807) is 6.20 Å². The van der Waals surface area contributed by atoms with Crippen LogP contribution in [0.1, 0.15) is 26.7 Å². The van der Waals surface area contributed by atoms with Crippen molar-refractivity contribution in [3.63, 3.8) is 0 Å². The maximum atomic E-state index is 12.1. The Balaban J connectivity index is 1.86. The zero-order valence-electron chi connectivity index (χ0n) is 12.2. The van der Waals surface area contributed by atoms with Crippen LogP contribution in [0, 0.1) is 5.92 Å². The lowest BCUT2D eigenvalue weighted by atomic mass is 9.99. The Morgan fingerprint density at radius 1 is 1.60 bits per heavy atom. The highest BCUT2D eigenvalue weighted by atomic mass is 16.2. The number of nitrogens with two attached hydrogens (primary N) is 1. The third-order valence-electron chi connectivity index (χ3n) is 4.07. The average Bonchev–Trinajstić information content (AvgIpc) is 2.95. The summed E-state index contributed by atoms with van der Waals surface area (Å²) in [6.07, 6.45) is 3.65. The quantitative estimate of drug-likeness (QED) is 0.846. The van der Waals surface area contributed by atoms with Crippen molar-refractivity contribution in [2.75, 3.05) is 18.0 Å². The van der Waals surface area contributed by atoms with Gasteiger partial charge in [0.1, 0.15) is 5.82 Å². The van der Waals surface area contributed by atoms with Gasteiger partial charge in [-0.3, -0.25) is 4.79 Å². The largest absolute Gasteiger partial charge is 0.354 e. The molecular weight excluding hydrogens is 252 g/mol. The van der Waals surface area contributed by atoms with Crippen LogP contribution in [0.5, 0.6) is 0 Å². The van der Waals surface area contributed by atoms with Gasteiger partial charge in [0.15, 0.2) is 0 Å². The van der Waals surface area contributed by atoms with Gasteiger partial charge < -0.3 is 16.0 Å². The fourth-order valence-corrected chi connectivity index (χ4v) is 2.44. The molecule has 0 saturated carbocycles. The van der Waals surface area contributed by atoms with Crippen LogP contribution in [-0.4, -0.2) is 36.1 Å². The molecule has 2 rings (SSSR count). The van der Waals surface area contributed by atoms with Crippen molar-refractivity contribution < 1.29 is 4.79 Å². The first-order valence-electron chi connectivity index (χ1n) is 7.33. The molecule has 3 N–H and O–H groups in total. The van der Waals surface area contributed by atoms with Gasteiger partial charge in [0, 0.05) is 25.3 Å². The number of nitrogens with one attached hydrogen (secondary N) is 1. The Bertz CT molecular complexity index is 437. The minimum absolute atomic E-state index is 0.0350. The number of hydrogen-bond acceptors (Lipinski definition) is 4. The number of amides is 1. The van der Waals surface area contributed by atoms with Crippen LogP contribution in [0.3, 0.4) is 0 Å². The predicted octanol–water partition coefficient (Wildman–Crippen LogP) is 1.15. The summed E-state index contributed by atoms with van der Waals surface area (Å²) in [6.45, 7) is 5.78. The summed E-state index contributed by atoms with van der Waals surface area (Å²) in [5.74, 6) is 1.14. The van der Waals surface area contributed by atoms with Crippen LogP contribution in [0.4, 0.5) is 5.82 Å². The Morgan fingerprint density at radius 2 is 2.40 bits per heavy atom. The van der Waals surface area contributed by atoms with Crippen molar-refractivity contribution in [3.8, 4) is 0 Å². The van der Waals surface area contributed by atoms with Gasteiger partial charge in [0.2, 0.25) is 5.91 Å². The highest BCUT2D eigenvalue weighted by Crippen LogP contribution is 2.17. The molecule has 0 aromatic carbocycles. The molecular formula is C15H24N4O. The molecule has 3 unspecified atom stereocenters. The second kappa shape index (κ2) is 6.70. The topological polar surface area (TPSA) is 71.2 Å². The molecule has 3 atom stereocenters. The van der Waals surface area contributed by atoms with Crippen LogP contribution >= 0.6 is 0 Å². The molecule has 1 aromatic heterocycles. The van der Waals surface area contributed by atoms with Crippen molar-refractivity contribution >= 4 is 11.7 Å². The zero-order valence-corrected chi connectivity index (χ0v) is 12.2. The van der Waals surface area contributed by atoms with Gasteiger partial charge in [-0.15, -0.1) is 0 Å². The van der Waals surface area contributed by atoms with E-state index in [2.05, 4.69) is 22.1 Å². The predicted molar refractivity (Wildman–Crippen MR) is 80.4 cm³/mol. The van der Waals surface area contributed by atoms with Crippen LogP contribution < -0.4 is 16.0 Å². The van der Waals surface area contributed by atoms with Crippen molar-refractivity contribution in [1.82, 2.24) is 10.3 Å². The second-order valence-electron chi connectivity index (χ2n) is 5.54. The number of nitrogens with zero attached hydrogens (tertiary/aromatic N) is 2. The first kappa shape index (κ1) is 14.8. The number of rotatable bonds is 5. The van der Waals surface area contributed by atoms with E-state index in [-0.39, 0.29) is 17.9 Å². The molecule has 1 aromatic rings. The van der Waals surface area contributed by atoms with Crippen LogP contribution in [0.25, 0.3) is 0 Å². The van der Waals surface area contributed by atoms with Crippen molar-refractivity contribution in [3.05, 3.63) is 24.4 Å². The van der Waals surface area contributed by atoms with Gasteiger partial charge in [-0.2, -0.15) is 0 Å². The molecule has 5 heteroatoms. The highest BCUT2D eigenvalue weighted by molar-refractivity contribution is 5.82. The minimum atomic E-state index is -0.413. The van der Waals surface area contributed by atoms with Gasteiger partial charge >= 0.3 is 0 Å². The van der Waals surface area contributed by atoms with Gasteiger partial charge in [0.05, 0.1) is 6.04 Å². The maximum absolute atomic E-state index is 12.1. The molecule has 1 fully saturated rings. The lowest BCUT2D eigenvalue weighted by Gasteiger charge is -2.21.